The average molecular weight is 751 g/mol. The van der Waals surface area contributed by atoms with E-state index in [-0.39, 0.29) is 5.41 Å². The van der Waals surface area contributed by atoms with Crippen molar-refractivity contribution in [1.82, 2.24) is 0 Å². The monoisotopic (exact) mass is 750 g/mol. The van der Waals surface area contributed by atoms with E-state index in [1.807, 2.05) is 0 Å². The van der Waals surface area contributed by atoms with Gasteiger partial charge in [0.2, 0.25) is 11.2 Å². The lowest BCUT2D eigenvalue weighted by Crippen LogP contribution is -2.33. The van der Waals surface area contributed by atoms with Crippen molar-refractivity contribution in [3.05, 3.63) is 197 Å². The van der Waals surface area contributed by atoms with Gasteiger partial charge in [0, 0.05) is 28.7 Å². The maximum Gasteiger partial charge on any atom is 0.214 e. The summed E-state index contributed by atoms with van der Waals surface area (Å²) in [5.41, 5.74) is 24.3. The van der Waals surface area contributed by atoms with E-state index in [1.165, 1.54) is 138 Å². The van der Waals surface area contributed by atoms with Gasteiger partial charge in [-0.15, -0.1) is 0 Å². The highest BCUT2D eigenvalue weighted by Gasteiger charge is 2.39. The van der Waals surface area contributed by atoms with Gasteiger partial charge in [-0.3, -0.25) is 0 Å². The van der Waals surface area contributed by atoms with Crippen LogP contribution in [0, 0.1) is 13.8 Å². The molecule has 2 heterocycles. The lowest BCUT2D eigenvalue weighted by Gasteiger charge is -2.21. The van der Waals surface area contributed by atoms with Gasteiger partial charge in [-0.25, -0.2) is 0 Å². The fourth-order valence-electron chi connectivity index (χ4n) is 10.3. The molecule has 0 N–H and O–H groups in total. The average Bonchev–Trinajstić information content (AvgIpc) is 3.72. The maximum atomic E-state index is 2.56. The van der Waals surface area contributed by atoms with E-state index in [9.17, 15) is 0 Å². The molecule has 0 spiro atoms. The molecule has 0 bridgehead atoms. The molecule has 1 aromatic heterocycles. The second-order valence-corrected chi connectivity index (χ2v) is 17.4. The van der Waals surface area contributed by atoms with Crippen LogP contribution in [0.25, 0.3) is 66.7 Å². The summed E-state index contributed by atoms with van der Waals surface area (Å²) >= 11 is 0. The summed E-state index contributed by atoms with van der Waals surface area (Å²) in [6.07, 6.45) is 7.41. The first-order valence-corrected chi connectivity index (χ1v) is 21.4. The van der Waals surface area contributed by atoms with Crippen LogP contribution in [0.5, 0.6) is 0 Å². The zero-order valence-electron chi connectivity index (χ0n) is 34.4. The highest BCUT2D eigenvalue weighted by molar-refractivity contribution is 5.98. The van der Waals surface area contributed by atoms with Gasteiger partial charge in [-0.05, 0) is 136 Å². The Hall–Kier alpha value is -6.05. The molecule has 10 rings (SSSR count). The fraction of sp³-hybridized carbons (Fsp3) is 0.211. The minimum atomic E-state index is -0.0285. The summed E-state index contributed by atoms with van der Waals surface area (Å²) in [6.45, 7) is 10.2. The van der Waals surface area contributed by atoms with E-state index < -0.39 is 0 Å². The SMILES string of the molecule is Cc1cc(-c2cccc(CCCCCCc3ccccc3)c2)cc(C)c1-c1ccc2c(c1)c(-c1ccccc1)cc1[n+]2Cc2cc3c(cc2-1)C(C)(C)c1ccccc1-3. The minimum absolute atomic E-state index is 0.0285. The predicted octanol–water partition coefficient (Wildman–Crippen LogP) is 14.4. The smallest absolute Gasteiger partial charge is 0.187 e. The summed E-state index contributed by atoms with van der Waals surface area (Å²) in [5, 5.41) is 1.30. The van der Waals surface area contributed by atoms with Crippen molar-refractivity contribution >= 4 is 10.9 Å². The molecule has 0 radical (unpaired) electrons. The molecule has 58 heavy (non-hydrogen) atoms. The normalized spacial score (nSPS) is 13.3. The molecule has 0 saturated carbocycles. The zero-order valence-corrected chi connectivity index (χ0v) is 34.4. The van der Waals surface area contributed by atoms with Crippen molar-refractivity contribution in [3.63, 3.8) is 0 Å². The molecule has 1 heteroatoms. The number of rotatable bonds is 10. The fourth-order valence-corrected chi connectivity index (χ4v) is 10.3. The van der Waals surface area contributed by atoms with Crippen molar-refractivity contribution in [3.8, 4) is 55.8 Å². The summed E-state index contributed by atoms with van der Waals surface area (Å²) < 4.78 is 2.56. The van der Waals surface area contributed by atoms with Crippen LogP contribution in [0.4, 0.5) is 0 Å². The highest BCUT2D eigenvalue weighted by Crippen LogP contribution is 2.51. The Bertz CT molecular complexity index is 2820. The topological polar surface area (TPSA) is 3.88 Å². The third kappa shape index (κ3) is 6.38. The number of pyridine rings is 1. The van der Waals surface area contributed by atoms with Crippen LogP contribution in [0.2, 0.25) is 0 Å². The van der Waals surface area contributed by atoms with Crippen molar-refractivity contribution in [2.24, 2.45) is 0 Å². The second kappa shape index (κ2) is 14.7. The van der Waals surface area contributed by atoms with E-state index in [0.29, 0.717) is 0 Å². The Kier molecular flexibility index (Phi) is 9.21. The first kappa shape index (κ1) is 36.3. The molecule has 2 aliphatic rings. The van der Waals surface area contributed by atoms with Gasteiger partial charge in [0.05, 0.1) is 10.9 Å². The van der Waals surface area contributed by atoms with Crippen molar-refractivity contribution in [1.29, 1.82) is 0 Å². The zero-order chi connectivity index (χ0) is 39.4. The third-order valence-corrected chi connectivity index (χ3v) is 13.3. The molecule has 0 unspecified atom stereocenters. The molecule has 284 valence electrons. The molecule has 0 amide bonds. The number of aromatic nitrogens is 1. The lowest BCUT2D eigenvalue weighted by atomic mass is 9.81. The van der Waals surface area contributed by atoms with Crippen LogP contribution in [0.15, 0.2) is 158 Å². The van der Waals surface area contributed by atoms with Gasteiger partial charge in [-0.1, -0.05) is 148 Å². The number of hydrogen-bond donors (Lipinski definition) is 0. The van der Waals surface area contributed by atoms with Crippen LogP contribution in [0.3, 0.4) is 0 Å². The first-order chi connectivity index (χ1) is 28.3. The van der Waals surface area contributed by atoms with Crippen molar-refractivity contribution < 1.29 is 4.57 Å². The van der Waals surface area contributed by atoms with Gasteiger partial charge in [0.1, 0.15) is 0 Å². The maximum absolute atomic E-state index is 2.56. The van der Waals surface area contributed by atoms with Crippen LogP contribution >= 0.6 is 0 Å². The summed E-state index contributed by atoms with van der Waals surface area (Å²) in [6, 6.07) is 59.6. The molecule has 7 aromatic carbocycles. The number of hydrogen-bond acceptors (Lipinski definition) is 0. The molecule has 1 nitrogen and oxygen atoms in total. The van der Waals surface area contributed by atoms with Gasteiger partial charge >= 0.3 is 0 Å². The summed E-state index contributed by atoms with van der Waals surface area (Å²) in [7, 11) is 0. The Balaban J connectivity index is 0.958. The van der Waals surface area contributed by atoms with E-state index in [1.54, 1.807) is 0 Å². The third-order valence-electron chi connectivity index (χ3n) is 13.3. The Labute approximate surface area is 344 Å². The Morgan fingerprint density at radius 3 is 1.91 bits per heavy atom. The Morgan fingerprint density at radius 2 is 1.14 bits per heavy atom. The molecule has 8 aromatic rings. The van der Waals surface area contributed by atoms with Crippen LogP contribution in [-0.2, 0) is 24.8 Å². The van der Waals surface area contributed by atoms with E-state index in [2.05, 4.69) is 190 Å². The van der Waals surface area contributed by atoms with Crippen molar-refractivity contribution in [2.45, 2.75) is 78.2 Å². The predicted molar refractivity (Wildman–Crippen MR) is 244 cm³/mol. The van der Waals surface area contributed by atoms with Crippen LogP contribution in [0.1, 0.15) is 78.5 Å². The van der Waals surface area contributed by atoms with Gasteiger partial charge in [0.15, 0.2) is 6.54 Å². The quantitative estimate of drug-likeness (QED) is 0.0968. The van der Waals surface area contributed by atoms with Gasteiger partial charge < -0.3 is 0 Å². The molecular weight excluding hydrogens is 699 g/mol. The minimum Gasteiger partial charge on any atom is -0.187 e. The van der Waals surface area contributed by atoms with E-state index in [4.69, 9.17) is 0 Å². The van der Waals surface area contributed by atoms with E-state index >= 15 is 0 Å². The van der Waals surface area contributed by atoms with Crippen molar-refractivity contribution in [2.75, 3.05) is 0 Å². The number of aryl methyl sites for hydroxylation is 4. The molecular formula is C57H52N+. The largest absolute Gasteiger partial charge is 0.214 e. The lowest BCUT2D eigenvalue weighted by molar-refractivity contribution is -0.645. The first-order valence-electron chi connectivity index (χ1n) is 21.4. The molecule has 0 atom stereocenters. The second-order valence-electron chi connectivity index (χ2n) is 17.4. The Morgan fingerprint density at radius 1 is 0.466 bits per heavy atom. The molecule has 1 aliphatic carbocycles. The number of unbranched alkanes of at least 4 members (excludes halogenated alkanes) is 3. The molecule has 0 fully saturated rings. The van der Waals surface area contributed by atoms with E-state index in [0.717, 1.165) is 13.0 Å². The number of nitrogens with zero attached hydrogens (tertiary/aromatic N) is 1. The summed E-state index contributed by atoms with van der Waals surface area (Å²) in [4.78, 5) is 0. The molecule has 1 aliphatic heterocycles. The summed E-state index contributed by atoms with van der Waals surface area (Å²) in [5.74, 6) is 0. The van der Waals surface area contributed by atoms with Crippen LogP contribution < -0.4 is 4.57 Å². The standard InChI is InChI=1S/C57H52N/c1-38-30-45(43-25-17-22-41(32-43)21-10-6-5-9-18-40-19-11-7-12-20-40)31-39(2)56(38)44-28-29-54-51(33-44)48(42-23-13-8-14-24-42)36-55-49-35-53-50(34-46(49)37-58(54)55)47-26-15-16-27-52(47)57(53,3)4/h7-8,11-17,19-20,22-36H,5-6,9-10,18,21,37H2,1-4H3/q+1. The molecule has 0 saturated heterocycles. The van der Waals surface area contributed by atoms with Gasteiger partial charge in [-0.2, -0.15) is 4.57 Å². The number of benzene rings is 7. The van der Waals surface area contributed by atoms with Crippen LogP contribution in [-0.4, -0.2) is 0 Å². The van der Waals surface area contributed by atoms with Gasteiger partial charge in [0.25, 0.3) is 0 Å². The number of fused-ring (bicyclic) bond motifs is 8. The highest BCUT2D eigenvalue weighted by atomic mass is 15.0.